The van der Waals surface area contributed by atoms with E-state index in [1.165, 1.54) is 101 Å². The fourth-order valence-electron chi connectivity index (χ4n) is 6.58. The number of halogens is 1. The standard InChI is InChI=1S/C36H53FO2/c1-3-5-7-8-10-11-28-13-18-31(19-14-28)33-22-23-34(35(37)25-33)32-20-15-29(16-21-32)17-24-36-38-26-30(27-39-36)12-9-6-4-2/h15-16,20-23,25,28,30-31,36H,3-14,17-19,24,26-27H2,1-2H3/t28-,30?,31-,36?. The van der Waals surface area contributed by atoms with Crippen LogP contribution in [0.4, 0.5) is 4.39 Å². The van der Waals surface area contributed by atoms with E-state index in [-0.39, 0.29) is 12.1 Å². The Balaban J connectivity index is 1.20. The van der Waals surface area contributed by atoms with Gasteiger partial charge < -0.3 is 9.47 Å². The van der Waals surface area contributed by atoms with Crippen LogP contribution in [0.5, 0.6) is 0 Å². The maximum Gasteiger partial charge on any atom is 0.157 e. The first-order chi connectivity index (χ1) is 19.2. The molecule has 1 saturated carbocycles. The van der Waals surface area contributed by atoms with E-state index in [4.69, 9.17) is 9.47 Å². The number of hydrogen-bond acceptors (Lipinski definition) is 2. The summed E-state index contributed by atoms with van der Waals surface area (Å²) in [4.78, 5) is 0. The molecular formula is C36H53FO2. The normalized spacial score (nSPS) is 23.7. The topological polar surface area (TPSA) is 18.5 Å². The SMILES string of the molecule is CCCCCCC[C@H]1CC[C@H](c2ccc(-c3ccc(CCC4OCC(CCCCC)CO4)cc3)c(F)c2)CC1. The Morgan fingerprint density at radius 2 is 1.33 bits per heavy atom. The smallest absolute Gasteiger partial charge is 0.157 e. The predicted octanol–water partition coefficient (Wildman–Crippen LogP) is 10.6. The summed E-state index contributed by atoms with van der Waals surface area (Å²) in [5.41, 5.74) is 4.10. The maximum absolute atomic E-state index is 15.2. The Hall–Kier alpha value is -1.71. The van der Waals surface area contributed by atoms with Crippen molar-refractivity contribution in [1.29, 1.82) is 0 Å². The van der Waals surface area contributed by atoms with E-state index < -0.39 is 0 Å². The Kier molecular flexibility index (Phi) is 12.8. The van der Waals surface area contributed by atoms with Crippen molar-refractivity contribution in [3.63, 3.8) is 0 Å². The number of rotatable bonds is 15. The lowest BCUT2D eigenvalue weighted by atomic mass is 9.77. The summed E-state index contributed by atoms with van der Waals surface area (Å²) in [6.45, 7) is 6.17. The highest BCUT2D eigenvalue weighted by atomic mass is 19.1. The Labute approximate surface area is 238 Å². The molecule has 0 atom stereocenters. The van der Waals surface area contributed by atoms with E-state index in [2.05, 4.69) is 44.2 Å². The van der Waals surface area contributed by atoms with Crippen molar-refractivity contribution in [2.24, 2.45) is 11.8 Å². The van der Waals surface area contributed by atoms with Gasteiger partial charge in [0.1, 0.15) is 5.82 Å². The molecule has 1 aliphatic heterocycles. The summed E-state index contributed by atoms with van der Waals surface area (Å²) >= 11 is 0. The minimum Gasteiger partial charge on any atom is -0.352 e. The highest BCUT2D eigenvalue weighted by Gasteiger charge is 2.24. The van der Waals surface area contributed by atoms with Crippen molar-refractivity contribution >= 4 is 0 Å². The lowest BCUT2D eigenvalue weighted by molar-refractivity contribution is -0.203. The third-order valence-electron chi connectivity index (χ3n) is 9.21. The van der Waals surface area contributed by atoms with Crippen molar-refractivity contribution in [3.05, 3.63) is 59.4 Å². The number of benzene rings is 2. The summed E-state index contributed by atoms with van der Waals surface area (Å²) < 4.78 is 27.2. The number of ether oxygens (including phenoxy) is 2. The van der Waals surface area contributed by atoms with Crippen LogP contribution in [0.1, 0.15) is 127 Å². The quantitative estimate of drug-likeness (QED) is 0.211. The molecular weight excluding hydrogens is 483 g/mol. The number of aryl methyl sites for hydroxylation is 1. The third-order valence-corrected chi connectivity index (χ3v) is 9.21. The second-order valence-electron chi connectivity index (χ2n) is 12.4. The molecule has 39 heavy (non-hydrogen) atoms. The molecule has 0 spiro atoms. The monoisotopic (exact) mass is 536 g/mol. The van der Waals surface area contributed by atoms with Gasteiger partial charge in [-0.1, -0.05) is 108 Å². The lowest BCUT2D eigenvalue weighted by Crippen LogP contribution is -2.32. The van der Waals surface area contributed by atoms with Crippen molar-refractivity contribution in [1.82, 2.24) is 0 Å². The van der Waals surface area contributed by atoms with E-state index >= 15 is 4.39 Å². The third kappa shape index (κ3) is 9.71. The minimum absolute atomic E-state index is 0.0872. The molecule has 0 unspecified atom stereocenters. The largest absolute Gasteiger partial charge is 0.352 e. The summed E-state index contributed by atoms with van der Waals surface area (Å²) in [5.74, 6) is 1.86. The second kappa shape index (κ2) is 16.5. The zero-order valence-corrected chi connectivity index (χ0v) is 24.8. The molecule has 1 saturated heterocycles. The van der Waals surface area contributed by atoms with Gasteiger partial charge in [-0.3, -0.25) is 0 Å². The zero-order chi connectivity index (χ0) is 27.3. The van der Waals surface area contributed by atoms with Gasteiger partial charge in [-0.2, -0.15) is 0 Å². The maximum atomic E-state index is 15.2. The van der Waals surface area contributed by atoms with Gasteiger partial charge in [-0.05, 0) is 73.1 Å². The molecule has 216 valence electrons. The number of hydrogen-bond donors (Lipinski definition) is 0. The lowest BCUT2D eigenvalue weighted by Gasteiger charge is -2.29. The molecule has 1 heterocycles. The zero-order valence-electron chi connectivity index (χ0n) is 24.8. The minimum atomic E-state index is -0.0991. The Morgan fingerprint density at radius 1 is 0.692 bits per heavy atom. The van der Waals surface area contributed by atoms with Crippen molar-refractivity contribution < 1.29 is 13.9 Å². The van der Waals surface area contributed by atoms with Gasteiger partial charge in [0.05, 0.1) is 13.2 Å². The Morgan fingerprint density at radius 3 is 2.03 bits per heavy atom. The number of unbranched alkanes of at least 4 members (excludes halogenated alkanes) is 6. The average molecular weight is 537 g/mol. The first-order valence-electron chi connectivity index (χ1n) is 16.3. The molecule has 4 rings (SSSR count). The fourth-order valence-corrected chi connectivity index (χ4v) is 6.58. The highest BCUT2D eigenvalue weighted by Crippen LogP contribution is 2.39. The summed E-state index contributed by atoms with van der Waals surface area (Å²) in [5, 5.41) is 0. The summed E-state index contributed by atoms with van der Waals surface area (Å²) in [6, 6.07) is 14.4. The van der Waals surface area contributed by atoms with Gasteiger partial charge in [0, 0.05) is 17.9 Å². The van der Waals surface area contributed by atoms with Gasteiger partial charge in [0.2, 0.25) is 0 Å². The van der Waals surface area contributed by atoms with Crippen LogP contribution < -0.4 is 0 Å². The van der Waals surface area contributed by atoms with E-state index in [0.717, 1.165) is 37.5 Å². The fraction of sp³-hybridized carbons (Fsp3) is 0.667. The molecule has 0 N–H and O–H groups in total. The molecule has 2 aliphatic rings. The predicted molar refractivity (Wildman–Crippen MR) is 162 cm³/mol. The van der Waals surface area contributed by atoms with Crippen molar-refractivity contribution in [2.45, 2.75) is 129 Å². The molecule has 0 bridgehead atoms. The van der Waals surface area contributed by atoms with Gasteiger partial charge in [0.15, 0.2) is 6.29 Å². The Bertz CT molecular complexity index is 939. The van der Waals surface area contributed by atoms with Crippen LogP contribution in [-0.2, 0) is 15.9 Å². The van der Waals surface area contributed by atoms with E-state index in [0.29, 0.717) is 17.4 Å². The molecule has 2 aromatic carbocycles. The molecule has 0 aromatic heterocycles. The van der Waals surface area contributed by atoms with Gasteiger partial charge >= 0.3 is 0 Å². The van der Waals surface area contributed by atoms with Crippen LogP contribution in [-0.4, -0.2) is 19.5 Å². The van der Waals surface area contributed by atoms with Gasteiger partial charge in [0.25, 0.3) is 0 Å². The summed E-state index contributed by atoms with van der Waals surface area (Å²) in [6.07, 6.45) is 20.0. The van der Waals surface area contributed by atoms with Crippen LogP contribution in [0.25, 0.3) is 11.1 Å². The first kappa shape index (κ1) is 30.3. The molecule has 2 fully saturated rings. The van der Waals surface area contributed by atoms with Crippen LogP contribution >= 0.6 is 0 Å². The molecule has 1 aliphatic carbocycles. The summed E-state index contributed by atoms with van der Waals surface area (Å²) in [7, 11) is 0. The molecule has 3 heteroatoms. The van der Waals surface area contributed by atoms with Crippen LogP contribution in [0, 0.1) is 17.7 Å². The highest BCUT2D eigenvalue weighted by molar-refractivity contribution is 5.65. The molecule has 0 amide bonds. The average Bonchev–Trinajstić information content (AvgIpc) is 2.97. The van der Waals surface area contributed by atoms with Crippen LogP contribution in [0.3, 0.4) is 0 Å². The van der Waals surface area contributed by atoms with Crippen molar-refractivity contribution in [2.75, 3.05) is 13.2 Å². The van der Waals surface area contributed by atoms with Gasteiger partial charge in [-0.15, -0.1) is 0 Å². The first-order valence-corrected chi connectivity index (χ1v) is 16.3. The van der Waals surface area contributed by atoms with E-state index in [1.54, 1.807) is 0 Å². The second-order valence-corrected chi connectivity index (χ2v) is 12.4. The van der Waals surface area contributed by atoms with Gasteiger partial charge in [-0.25, -0.2) is 4.39 Å². The molecule has 0 radical (unpaired) electrons. The molecule has 2 nitrogen and oxygen atoms in total. The van der Waals surface area contributed by atoms with Crippen LogP contribution in [0.15, 0.2) is 42.5 Å². The molecule has 2 aromatic rings. The van der Waals surface area contributed by atoms with E-state index in [1.807, 2.05) is 12.1 Å². The van der Waals surface area contributed by atoms with E-state index in [9.17, 15) is 0 Å². The van der Waals surface area contributed by atoms with Crippen molar-refractivity contribution in [3.8, 4) is 11.1 Å². The van der Waals surface area contributed by atoms with Crippen LogP contribution in [0.2, 0.25) is 0 Å².